The van der Waals surface area contributed by atoms with E-state index in [1.807, 2.05) is 11.9 Å². The number of thiocarbonyl (C=S) groups is 1. The number of hydrogen-bond donors (Lipinski definition) is 1. The highest BCUT2D eigenvalue weighted by Gasteiger charge is 2.06. The van der Waals surface area contributed by atoms with E-state index in [1.165, 1.54) is 12.1 Å². The third kappa shape index (κ3) is 4.20. The van der Waals surface area contributed by atoms with E-state index in [4.69, 9.17) is 18.0 Å². The van der Waals surface area contributed by atoms with Gasteiger partial charge in [0.15, 0.2) is 0 Å². The fraction of sp³-hybridized carbons (Fsp3) is 0.364. The van der Waals surface area contributed by atoms with Crippen LogP contribution in [0, 0.1) is 11.6 Å². The highest BCUT2D eigenvalue weighted by atomic mass is 32.1. The molecule has 0 fully saturated rings. The Morgan fingerprint density at radius 1 is 1.44 bits per heavy atom. The minimum absolute atomic E-state index is 0.411. The van der Waals surface area contributed by atoms with Crippen molar-refractivity contribution >= 4 is 17.2 Å². The van der Waals surface area contributed by atoms with Gasteiger partial charge >= 0.3 is 0 Å². The molecule has 1 rings (SSSR count). The second-order valence-electron chi connectivity index (χ2n) is 3.69. The van der Waals surface area contributed by atoms with Crippen molar-refractivity contribution in [3.63, 3.8) is 0 Å². The van der Waals surface area contributed by atoms with Crippen LogP contribution >= 0.6 is 12.2 Å². The van der Waals surface area contributed by atoms with Crippen molar-refractivity contribution in [2.75, 3.05) is 13.6 Å². The summed E-state index contributed by atoms with van der Waals surface area (Å²) in [6.45, 7) is 1.07. The number of halogens is 2. The van der Waals surface area contributed by atoms with Crippen LogP contribution in [0.4, 0.5) is 8.78 Å². The molecule has 0 atom stereocenters. The molecule has 0 bridgehead atoms. The number of nitrogens with two attached hydrogens (primary N) is 1. The maximum Gasteiger partial charge on any atom is 0.130 e. The van der Waals surface area contributed by atoms with Gasteiger partial charge in [-0.1, -0.05) is 18.3 Å². The number of hydrogen-bond acceptors (Lipinski definition) is 2. The Labute approximate surface area is 99.0 Å². The monoisotopic (exact) mass is 244 g/mol. The first-order chi connectivity index (χ1) is 7.49. The van der Waals surface area contributed by atoms with Crippen LogP contribution in [0.5, 0.6) is 0 Å². The maximum atomic E-state index is 13.3. The van der Waals surface area contributed by atoms with E-state index in [0.717, 1.165) is 6.07 Å². The van der Waals surface area contributed by atoms with Gasteiger partial charge in [-0.25, -0.2) is 8.78 Å². The van der Waals surface area contributed by atoms with Crippen molar-refractivity contribution < 1.29 is 8.78 Å². The van der Waals surface area contributed by atoms with Crippen LogP contribution in [-0.4, -0.2) is 23.5 Å². The molecule has 0 radical (unpaired) electrons. The van der Waals surface area contributed by atoms with Gasteiger partial charge in [-0.15, -0.1) is 0 Å². The molecule has 0 aliphatic heterocycles. The van der Waals surface area contributed by atoms with Crippen molar-refractivity contribution in [3.05, 3.63) is 35.4 Å². The molecule has 2 N–H and O–H groups in total. The molecule has 0 aromatic heterocycles. The first-order valence-electron chi connectivity index (χ1n) is 4.90. The van der Waals surface area contributed by atoms with Crippen molar-refractivity contribution in [3.8, 4) is 0 Å². The first kappa shape index (κ1) is 13.0. The molecule has 1 aromatic rings. The smallest absolute Gasteiger partial charge is 0.130 e. The van der Waals surface area contributed by atoms with E-state index < -0.39 is 11.6 Å². The molecule has 0 spiro atoms. The predicted molar refractivity (Wildman–Crippen MR) is 64.1 cm³/mol. The zero-order valence-corrected chi connectivity index (χ0v) is 9.86. The fourth-order valence-corrected chi connectivity index (χ4v) is 1.41. The molecule has 1 aromatic carbocycles. The third-order valence-electron chi connectivity index (χ3n) is 2.20. The summed E-state index contributed by atoms with van der Waals surface area (Å²) in [5.41, 5.74) is 5.83. The molecule has 5 heteroatoms. The van der Waals surface area contributed by atoms with Crippen LogP contribution in [0.15, 0.2) is 18.2 Å². The summed E-state index contributed by atoms with van der Waals surface area (Å²) in [7, 11) is 1.83. The summed E-state index contributed by atoms with van der Waals surface area (Å²) in [5, 5.41) is 0. The number of benzene rings is 1. The van der Waals surface area contributed by atoms with Gasteiger partial charge in [0, 0.05) is 31.1 Å². The molecule has 16 heavy (non-hydrogen) atoms. The van der Waals surface area contributed by atoms with E-state index in [2.05, 4.69) is 0 Å². The molecule has 0 heterocycles. The van der Waals surface area contributed by atoms with Crippen molar-refractivity contribution in [1.29, 1.82) is 0 Å². The van der Waals surface area contributed by atoms with Gasteiger partial charge in [-0.05, 0) is 13.1 Å². The molecule has 2 nitrogen and oxygen atoms in total. The summed E-state index contributed by atoms with van der Waals surface area (Å²) < 4.78 is 25.9. The minimum atomic E-state index is -0.563. The van der Waals surface area contributed by atoms with Gasteiger partial charge in [0.1, 0.15) is 11.6 Å². The lowest BCUT2D eigenvalue weighted by atomic mass is 10.2. The van der Waals surface area contributed by atoms with Crippen molar-refractivity contribution in [2.45, 2.75) is 13.0 Å². The van der Waals surface area contributed by atoms with Crippen LogP contribution in [0.1, 0.15) is 12.0 Å². The van der Waals surface area contributed by atoms with Gasteiger partial charge in [0.2, 0.25) is 0 Å². The Morgan fingerprint density at radius 2 is 2.12 bits per heavy atom. The zero-order chi connectivity index (χ0) is 12.1. The quantitative estimate of drug-likeness (QED) is 0.804. The average Bonchev–Trinajstić information content (AvgIpc) is 2.19. The highest BCUT2D eigenvalue weighted by Crippen LogP contribution is 2.11. The first-order valence-corrected chi connectivity index (χ1v) is 5.30. The second kappa shape index (κ2) is 5.86. The van der Waals surface area contributed by atoms with Crippen LogP contribution in [0.3, 0.4) is 0 Å². The molecule has 0 unspecified atom stereocenters. The summed E-state index contributed by atoms with van der Waals surface area (Å²) in [4.78, 5) is 2.32. The Hall–Kier alpha value is -1.07. The van der Waals surface area contributed by atoms with E-state index in [-0.39, 0.29) is 0 Å². The fourth-order valence-electron chi connectivity index (χ4n) is 1.32. The minimum Gasteiger partial charge on any atom is -0.393 e. The molecular formula is C11H14F2N2S. The van der Waals surface area contributed by atoms with Crippen LogP contribution in [-0.2, 0) is 6.54 Å². The summed E-state index contributed by atoms with van der Waals surface area (Å²) in [5.74, 6) is -1.09. The molecule has 0 amide bonds. The number of nitrogens with zero attached hydrogens (tertiary/aromatic N) is 1. The van der Waals surface area contributed by atoms with Gasteiger partial charge < -0.3 is 10.6 Å². The van der Waals surface area contributed by atoms with E-state index in [0.29, 0.717) is 30.1 Å². The van der Waals surface area contributed by atoms with Gasteiger partial charge in [-0.3, -0.25) is 0 Å². The van der Waals surface area contributed by atoms with Crippen molar-refractivity contribution in [1.82, 2.24) is 4.90 Å². The molecular weight excluding hydrogens is 230 g/mol. The van der Waals surface area contributed by atoms with E-state index in [9.17, 15) is 8.78 Å². The van der Waals surface area contributed by atoms with Crippen LogP contribution in [0.25, 0.3) is 0 Å². The van der Waals surface area contributed by atoms with Gasteiger partial charge in [0.25, 0.3) is 0 Å². The van der Waals surface area contributed by atoms with Crippen LogP contribution < -0.4 is 5.73 Å². The topological polar surface area (TPSA) is 29.3 Å². The van der Waals surface area contributed by atoms with Gasteiger partial charge in [0.05, 0.1) is 4.99 Å². The predicted octanol–water partition coefficient (Wildman–Crippen LogP) is 2.07. The summed E-state index contributed by atoms with van der Waals surface area (Å²) >= 11 is 4.75. The lowest BCUT2D eigenvalue weighted by molar-refractivity contribution is 0.331. The Bertz CT molecular complexity index is 382. The normalized spacial score (nSPS) is 10.8. The van der Waals surface area contributed by atoms with E-state index >= 15 is 0 Å². The van der Waals surface area contributed by atoms with Crippen LogP contribution in [0.2, 0.25) is 0 Å². The third-order valence-corrected chi connectivity index (χ3v) is 2.40. The van der Waals surface area contributed by atoms with Gasteiger partial charge in [-0.2, -0.15) is 0 Å². The number of rotatable bonds is 5. The molecule has 0 saturated heterocycles. The molecule has 0 aliphatic rings. The standard InChI is InChI=1S/C11H14F2N2S/c1-15(5-4-11(14)16)7-8-2-3-9(12)6-10(8)13/h2-3,6H,4-5,7H2,1H3,(H2,14,16). The SMILES string of the molecule is CN(CCC(N)=S)Cc1ccc(F)cc1F. The Morgan fingerprint density at radius 3 is 2.69 bits per heavy atom. The maximum absolute atomic E-state index is 13.3. The Kier molecular flexibility index (Phi) is 4.76. The molecule has 88 valence electrons. The average molecular weight is 244 g/mol. The van der Waals surface area contributed by atoms with Crippen molar-refractivity contribution in [2.24, 2.45) is 5.73 Å². The molecule has 0 saturated carbocycles. The summed E-state index contributed by atoms with van der Waals surface area (Å²) in [6.07, 6.45) is 0.592. The Balaban J connectivity index is 2.55. The zero-order valence-electron chi connectivity index (χ0n) is 9.04. The lowest BCUT2D eigenvalue weighted by Crippen LogP contribution is -2.23. The second-order valence-corrected chi connectivity index (χ2v) is 4.21. The summed E-state index contributed by atoms with van der Waals surface area (Å²) in [6, 6.07) is 3.58. The van der Waals surface area contributed by atoms with E-state index in [1.54, 1.807) is 0 Å². The highest BCUT2D eigenvalue weighted by molar-refractivity contribution is 7.80. The lowest BCUT2D eigenvalue weighted by Gasteiger charge is -2.16. The largest absolute Gasteiger partial charge is 0.393 e. The molecule has 0 aliphatic carbocycles.